The lowest BCUT2D eigenvalue weighted by Crippen LogP contribution is -2.50. The van der Waals surface area contributed by atoms with Crippen LogP contribution < -0.4 is 15.9 Å². The van der Waals surface area contributed by atoms with Crippen LogP contribution in [0, 0.1) is 6.92 Å². The Kier molecular flexibility index (Phi) is 6.53. The van der Waals surface area contributed by atoms with Crippen molar-refractivity contribution in [1.82, 2.24) is 10.3 Å². The van der Waals surface area contributed by atoms with Crippen molar-refractivity contribution in [3.05, 3.63) is 70.2 Å². The molecule has 6 heteroatoms. The molecule has 0 fully saturated rings. The number of para-hydroxylation sites is 1. The predicted molar refractivity (Wildman–Crippen MR) is 123 cm³/mol. The first-order chi connectivity index (χ1) is 14.7. The lowest BCUT2D eigenvalue weighted by Gasteiger charge is -2.34. The van der Waals surface area contributed by atoms with Gasteiger partial charge in [-0.2, -0.15) is 0 Å². The van der Waals surface area contributed by atoms with Crippen LogP contribution in [0.2, 0.25) is 0 Å². The summed E-state index contributed by atoms with van der Waals surface area (Å²) >= 11 is 1.62. The molecule has 4 rings (SSSR count). The number of carbonyl (C=O) groups excluding carboxylic acids is 1. The molecular formula is C24H28N4OS. The van der Waals surface area contributed by atoms with Crippen molar-refractivity contribution < 1.29 is 4.79 Å². The van der Waals surface area contributed by atoms with Crippen LogP contribution in [0.3, 0.4) is 0 Å². The first kappa shape index (κ1) is 20.7. The van der Waals surface area contributed by atoms with E-state index in [1.54, 1.807) is 11.8 Å². The zero-order valence-electron chi connectivity index (χ0n) is 17.6. The van der Waals surface area contributed by atoms with E-state index in [9.17, 15) is 4.79 Å². The molecule has 1 unspecified atom stereocenters. The number of amides is 1. The molecule has 1 N–H and O–H groups in total. The molecule has 0 radical (unpaired) electrons. The molecule has 2 heterocycles. The number of carbonyl (C=O) groups is 1. The minimum atomic E-state index is -0.345. The molecule has 5 nitrogen and oxygen atoms in total. The normalized spacial score (nSPS) is 17.6. The second-order valence-electron chi connectivity index (χ2n) is 7.69. The Bertz CT molecular complexity index is 1080. The highest BCUT2D eigenvalue weighted by Gasteiger charge is 2.34. The number of fused-ring (bicyclic) bond motifs is 2. The standard InChI is InChI=1S/C24H28N4OS/c1-3-4-5-6-11-16-30-24-26-23(29)21-19-14-9-10-15-20(19)25-22(28(21)27-24)18-13-8-7-12-17(18)2/h7-10,12-15,22H,3-6,11,16H2,1-2H3,(H,26,27,29). The Morgan fingerprint density at radius 2 is 1.80 bits per heavy atom. The molecule has 156 valence electrons. The summed E-state index contributed by atoms with van der Waals surface area (Å²) in [7, 11) is 0. The highest BCUT2D eigenvalue weighted by Crippen LogP contribution is 2.32. The van der Waals surface area contributed by atoms with Crippen molar-refractivity contribution in [1.29, 1.82) is 0 Å². The molecule has 2 aliphatic heterocycles. The number of thioether (sulfide) groups is 1. The quantitative estimate of drug-likeness (QED) is 0.693. The summed E-state index contributed by atoms with van der Waals surface area (Å²) in [5, 5.41) is 12.0. The van der Waals surface area contributed by atoms with Gasteiger partial charge in [0.1, 0.15) is 5.70 Å². The third kappa shape index (κ3) is 4.29. The van der Waals surface area contributed by atoms with E-state index in [0.717, 1.165) is 33.9 Å². The maximum atomic E-state index is 13.1. The van der Waals surface area contributed by atoms with Crippen LogP contribution in [0.4, 0.5) is 0 Å². The average Bonchev–Trinajstić information content (AvgIpc) is 2.76. The zero-order chi connectivity index (χ0) is 20.9. The van der Waals surface area contributed by atoms with E-state index >= 15 is 0 Å². The number of nitrogens with zero attached hydrogens (tertiary/aromatic N) is 3. The van der Waals surface area contributed by atoms with Gasteiger partial charge in [-0.25, -0.2) is 5.01 Å². The zero-order valence-corrected chi connectivity index (χ0v) is 18.4. The first-order valence-corrected chi connectivity index (χ1v) is 11.7. The lowest BCUT2D eigenvalue weighted by molar-refractivity contribution is -0.116. The van der Waals surface area contributed by atoms with E-state index in [0.29, 0.717) is 10.9 Å². The van der Waals surface area contributed by atoms with Crippen molar-refractivity contribution in [3.63, 3.8) is 0 Å². The van der Waals surface area contributed by atoms with Gasteiger partial charge in [-0.05, 0) is 25.0 Å². The lowest BCUT2D eigenvalue weighted by atomic mass is 10.0. The molecule has 2 aromatic carbocycles. The number of hydrazone groups is 1. The van der Waals surface area contributed by atoms with E-state index in [2.05, 4.69) is 31.3 Å². The maximum absolute atomic E-state index is 13.1. The number of nitrogens with one attached hydrogen (secondary N) is 1. The Morgan fingerprint density at radius 3 is 2.63 bits per heavy atom. The maximum Gasteiger partial charge on any atom is 0.276 e. The number of hydrogen-bond donors (Lipinski definition) is 1. The smallest absolute Gasteiger partial charge is 0.276 e. The first-order valence-electron chi connectivity index (χ1n) is 10.7. The molecular weight excluding hydrogens is 392 g/mol. The third-order valence-electron chi connectivity index (χ3n) is 5.47. The largest absolute Gasteiger partial charge is 0.298 e. The number of aryl methyl sites for hydroxylation is 1. The predicted octanol–water partition coefficient (Wildman–Crippen LogP) is 3.84. The van der Waals surface area contributed by atoms with Gasteiger partial charge in [-0.15, -0.1) is 5.10 Å². The summed E-state index contributed by atoms with van der Waals surface area (Å²) < 4.78 is 0. The molecule has 0 bridgehead atoms. The van der Waals surface area contributed by atoms with Gasteiger partial charge in [-0.1, -0.05) is 86.8 Å². The molecule has 0 aromatic heterocycles. The van der Waals surface area contributed by atoms with Gasteiger partial charge in [0, 0.05) is 16.5 Å². The van der Waals surface area contributed by atoms with Crippen molar-refractivity contribution >= 4 is 28.5 Å². The number of amidine groups is 1. The summed E-state index contributed by atoms with van der Waals surface area (Å²) in [4.78, 5) is 18.1. The summed E-state index contributed by atoms with van der Waals surface area (Å²) in [6, 6.07) is 16.0. The van der Waals surface area contributed by atoms with Gasteiger partial charge in [0.25, 0.3) is 5.91 Å². The molecule has 2 aromatic rings. The minimum absolute atomic E-state index is 0.112. The molecule has 0 aliphatic carbocycles. The molecule has 2 aliphatic rings. The van der Waals surface area contributed by atoms with Crippen LogP contribution >= 0.6 is 11.8 Å². The Morgan fingerprint density at radius 1 is 1.03 bits per heavy atom. The number of benzene rings is 2. The van der Waals surface area contributed by atoms with Crippen molar-refractivity contribution in [3.8, 4) is 0 Å². The SMILES string of the molecule is CCCCCCCSC1=NN2C(=c3ccccc3=NC2c2ccccc2C)C(=O)N1. The highest BCUT2D eigenvalue weighted by molar-refractivity contribution is 8.13. The topological polar surface area (TPSA) is 57.1 Å². The number of unbranched alkanes of at least 4 members (excludes halogenated alkanes) is 4. The molecule has 1 atom stereocenters. The average molecular weight is 421 g/mol. The van der Waals surface area contributed by atoms with Gasteiger partial charge >= 0.3 is 0 Å². The summed E-state index contributed by atoms with van der Waals surface area (Å²) in [6.07, 6.45) is 5.80. The third-order valence-corrected chi connectivity index (χ3v) is 6.42. The fraction of sp³-hybridized carbons (Fsp3) is 0.375. The van der Waals surface area contributed by atoms with Crippen molar-refractivity contribution in [2.75, 3.05) is 5.75 Å². The van der Waals surface area contributed by atoms with Gasteiger partial charge in [0.2, 0.25) is 0 Å². The van der Waals surface area contributed by atoms with Gasteiger partial charge in [0.15, 0.2) is 11.3 Å². The molecule has 0 saturated heterocycles. The van der Waals surface area contributed by atoms with Gasteiger partial charge < -0.3 is 0 Å². The van der Waals surface area contributed by atoms with Crippen LogP contribution in [0.15, 0.2) is 58.6 Å². The van der Waals surface area contributed by atoms with E-state index in [1.807, 2.05) is 41.4 Å². The van der Waals surface area contributed by atoms with E-state index in [1.165, 1.54) is 25.7 Å². The van der Waals surface area contributed by atoms with Crippen LogP contribution in [0.1, 0.15) is 56.3 Å². The Labute approximate surface area is 182 Å². The van der Waals surface area contributed by atoms with Crippen LogP contribution in [0.25, 0.3) is 5.70 Å². The van der Waals surface area contributed by atoms with Crippen LogP contribution in [-0.2, 0) is 4.79 Å². The number of rotatable bonds is 7. The molecule has 0 spiro atoms. The monoisotopic (exact) mass is 420 g/mol. The summed E-state index contributed by atoms with van der Waals surface area (Å²) in [5.74, 6) is 0.841. The van der Waals surface area contributed by atoms with Gasteiger partial charge in [-0.3, -0.25) is 15.1 Å². The highest BCUT2D eigenvalue weighted by atomic mass is 32.2. The van der Waals surface area contributed by atoms with Gasteiger partial charge in [0.05, 0.1) is 5.36 Å². The Balaban J connectivity index is 1.66. The summed E-state index contributed by atoms with van der Waals surface area (Å²) in [5.41, 5.74) is 2.77. The van der Waals surface area contributed by atoms with Crippen LogP contribution in [-0.4, -0.2) is 21.8 Å². The fourth-order valence-electron chi connectivity index (χ4n) is 3.85. The molecule has 0 saturated carbocycles. The van der Waals surface area contributed by atoms with Crippen molar-refractivity contribution in [2.45, 2.75) is 52.1 Å². The van der Waals surface area contributed by atoms with Crippen molar-refractivity contribution in [2.24, 2.45) is 10.1 Å². The van der Waals surface area contributed by atoms with E-state index in [4.69, 9.17) is 10.1 Å². The molecule has 1 amide bonds. The summed E-state index contributed by atoms with van der Waals surface area (Å²) in [6.45, 7) is 4.30. The fourth-order valence-corrected chi connectivity index (χ4v) is 4.70. The van der Waals surface area contributed by atoms with E-state index < -0.39 is 0 Å². The number of hydrogen-bond acceptors (Lipinski definition) is 5. The second kappa shape index (κ2) is 9.47. The van der Waals surface area contributed by atoms with Crippen LogP contribution in [0.5, 0.6) is 0 Å². The molecule has 30 heavy (non-hydrogen) atoms. The minimum Gasteiger partial charge on any atom is -0.298 e. The van der Waals surface area contributed by atoms with E-state index in [-0.39, 0.29) is 12.1 Å². The Hall–Kier alpha value is -2.60. The second-order valence-corrected chi connectivity index (χ2v) is 8.78.